The van der Waals surface area contributed by atoms with Crippen LogP contribution in [0, 0.1) is 5.92 Å². The highest BCUT2D eigenvalue weighted by Gasteiger charge is 2.32. The maximum atomic E-state index is 6.03. The average Bonchev–Trinajstić information content (AvgIpc) is 3.18. The van der Waals surface area contributed by atoms with Crippen molar-refractivity contribution in [3.05, 3.63) is 29.8 Å². The first-order chi connectivity index (χ1) is 9.36. The summed E-state index contributed by atoms with van der Waals surface area (Å²) in [5.41, 5.74) is 1.39. The zero-order chi connectivity index (χ0) is 13.1. The van der Waals surface area contributed by atoms with Crippen molar-refractivity contribution in [3.8, 4) is 5.75 Å². The zero-order valence-corrected chi connectivity index (χ0v) is 11.9. The van der Waals surface area contributed by atoms with E-state index in [2.05, 4.69) is 36.5 Å². The Morgan fingerprint density at radius 3 is 2.89 bits per heavy atom. The summed E-state index contributed by atoms with van der Waals surface area (Å²) < 4.78 is 6.03. The maximum absolute atomic E-state index is 6.03. The lowest BCUT2D eigenvalue weighted by Crippen LogP contribution is -2.33. The van der Waals surface area contributed by atoms with Gasteiger partial charge in [0.15, 0.2) is 0 Å². The first-order valence-electron chi connectivity index (χ1n) is 7.84. The van der Waals surface area contributed by atoms with Crippen LogP contribution >= 0.6 is 0 Å². The molecule has 2 heteroatoms. The third kappa shape index (κ3) is 3.30. The lowest BCUT2D eigenvalue weighted by atomic mass is 10.0. The van der Waals surface area contributed by atoms with Crippen LogP contribution in [-0.2, 0) is 6.42 Å². The topological polar surface area (TPSA) is 21.3 Å². The van der Waals surface area contributed by atoms with Crippen LogP contribution in [0.3, 0.4) is 0 Å². The lowest BCUT2D eigenvalue weighted by molar-refractivity contribution is 0.208. The van der Waals surface area contributed by atoms with E-state index in [4.69, 9.17) is 4.74 Å². The molecule has 104 valence electrons. The van der Waals surface area contributed by atoms with Crippen molar-refractivity contribution in [2.75, 3.05) is 6.54 Å². The normalized spacial score (nSPS) is 22.9. The van der Waals surface area contributed by atoms with Gasteiger partial charge >= 0.3 is 0 Å². The Morgan fingerprint density at radius 2 is 2.16 bits per heavy atom. The van der Waals surface area contributed by atoms with E-state index in [0.717, 1.165) is 30.7 Å². The fraction of sp³-hybridized carbons (Fsp3) is 0.647. The van der Waals surface area contributed by atoms with E-state index >= 15 is 0 Å². The number of hydrogen-bond donors (Lipinski definition) is 1. The Hall–Kier alpha value is -1.02. The van der Waals surface area contributed by atoms with E-state index in [1.54, 1.807) is 0 Å². The molecule has 3 rings (SSSR count). The summed E-state index contributed by atoms with van der Waals surface area (Å²) in [5.74, 6) is 2.05. The van der Waals surface area contributed by atoms with Crippen molar-refractivity contribution in [1.29, 1.82) is 0 Å². The van der Waals surface area contributed by atoms with Crippen LogP contribution in [0.4, 0.5) is 0 Å². The number of para-hydroxylation sites is 1. The molecule has 2 unspecified atom stereocenters. The van der Waals surface area contributed by atoms with Gasteiger partial charge in [-0.1, -0.05) is 25.1 Å². The molecule has 1 aliphatic heterocycles. The first-order valence-corrected chi connectivity index (χ1v) is 7.84. The van der Waals surface area contributed by atoms with Gasteiger partial charge in [-0.25, -0.2) is 0 Å². The van der Waals surface area contributed by atoms with Gasteiger partial charge in [0.05, 0.1) is 0 Å². The third-order valence-electron chi connectivity index (χ3n) is 4.36. The van der Waals surface area contributed by atoms with Crippen molar-refractivity contribution >= 4 is 0 Å². The Labute approximate surface area is 116 Å². The Kier molecular flexibility index (Phi) is 4.07. The Balaban J connectivity index is 1.47. The quantitative estimate of drug-likeness (QED) is 0.808. The number of hydrogen-bond acceptors (Lipinski definition) is 2. The summed E-state index contributed by atoms with van der Waals surface area (Å²) in [6.45, 7) is 3.40. The molecule has 1 heterocycles. The second-order valence-corrected chi connectivity index (χ2v) is 6.03. The lowest BCUT2D eigenvalue weighted by Gasteiger charge is -2.20. The number of benzene rings is 1. The van der Waals surface area contributed by atoms with Gasteiger partial charge < -0.3 is 10.1 Å². The van der Waals surface area contributed by atoms with Crippen LogP contribution in [-0.4, -0.2) is 18.7 Å². The van der Waals surface area contributed by atoms with Crippen LogP contribution < -0.4 is 10.1 Å². The van der Waals surface area contributed by atoms with Crippen LogP contribution in [0.25, 0.3) is 0 Å². The molecule has 1 fully saturated rings. The van der Waals surface area contributed by atoms with Gasteiger partial charge in [-0.2, -0.15) is 0 Å². The van der Waals surface area contributed by atoms with Crippen LogP contribution in [0.1, 0.15) is 44.6 Å². The molecule has 0 amide bonds. The predicted octanol–water partition coefficient (Wildman–Crippen LogP) is 3.55. The van der Waals surface area contributed by atoms with Gasteiger partial charge in [0, 0.05) is 12.5 Å². The van der Waals surface area contributed by atoms with E-state index in [1.165, 1.54) is 37.7 Å². The van der Waals surface area contributed by atoms with Gasteiger partial charge in [0.1, 0.15) is 11.9 Å². The maximum Gasteiger partial charge on any atom is 0.123 e. The molecule has 1 N–H and O–H groups in total. The van der Waals surface area contributed by atoms with Crippen molar-refractivity contribution in [3.63, 3.8) is 0 Å². The molecule has 0 saturated heterocycles. The van der Waals surface area contributed by atoms with E-state index in [-0.39, 0.29) is 0 Å². The monoisotopic (exact) mass is 259 g/mol. The first kappa shape index (κ1) is 13.0. The minimum absolute atomic E-state index is 0.405. The van der Waals surface area contributed by atoms with Gasteiger partial charge in [-0.3, -0.25) is 0 Å². The highest BCUT2D eigenvalue weighted by atomic mass is 16.5. The molecule has 2 nitrogen and oxygen atoms in total. The minimum atomic E-state index is 0.405. The largest absolute Gasteiger partial charge is 0.490 e. The fourth-order valence-corrected chi connectivity index (χ4v) is 3.11. The fourth-order valence-electron chi connectivity index (χ4n) is 3.11. The van der Waals surface area contributed by atoms with Gasteiger partial charge in [0.25, 0.3) is 0 Å². The highest BCUT2D eigenvalue weighted by molar-refractivity contribution is 5.37. The molecule has 1 aromatic carbocycles. The van der Waals surface area contributed by atoms with Crippen LogP contribution in [0.5, 0.6) is 5.75 Å². The average molecular weight is 259 g/mol. The Bertz CT molecular complexity index is 388. The molecule has 19 heavy (non-hydrogen) atoms. The molecule has 1 aromatic rings. The Morgan fingerprint density at radius 1 is 1.32 bits per heavy atom. The predicted molar refractivity (Wildman–Crippen MR) is 78.6 cm³/mol. The highest BCUT2D eigenvalue weighted by Crippen LogP contribution is 2.36. The number of nitrogens with one attached hydrogen (secondary N) is 1. The number of ether oxygens (including phenoxy) is 1. The van der Waals surface area contributed by atoms with E-state index < -0.39 is 0 Å². The van der Waals surface area contributed by atoms with Crippen molar-refractivity contribution < 1.29 is 4.74 Å². The zero-order valence-electron chi connectivity index (χ0n) is 11.9. The van der Waals surface area contributed by atoms with Crippen LogP contribution in [0.2, 0.25) is 0 Å². The van der Waals surface area contributed by atoms with Gasteiger partial charge in [-0.05, 0) is 56.2 Å². The van der Waals surface area contributed by atoms with E-state index in [9.17, 15) is 0 Å². The van der Waals surface area contributed by atoms with Crippen molar-refractivity contribution in [2.24, 2.45) is 5.92 Å². The number of rotatable bonds is 7. The summed E-state index contributed by atoms with van der Waals surface area (Å²) in [5, 5.41) is 3.72. The second-order valence-electron chi connectivity index (χ2n) is 6.03. The molecule has 0 bridgehead atoms. The van der Waals surface area contributed by atoms with Gasteiger partial charge in [0.2, 0.25) is 0 Å². The summed E-state index contributed by atoms with van der Waals surface area (Å²) in [4.78, 5) is 0. The molecule has 0 aromatic heterocycles. The molecular weight excluding hydrogens is 234 g/mol. The van der Waals surface area contributed by atoms with Crippen LogP contribution in [0.15, 0.2) is 24.3 Å². The standard InChI is InChI=1S/C17H25NO/c1-2-11-18-16(13-7-8-13)10-9-15-12-14-5-3-4-6-17(14)19-15/h3-6,13,15-16,18H,2,7-12H2,1H3. The molecular formula is C17H25NO. The number of fused-ring (bicyclic) bond motifs is 1. The molecule has 0 radical (unpaired) electrons. The third-order valence-corrected chi connectivity index (χ3v) is 4.36. The molecule has 2 aliphatic rings. The summed E-state index contributed by atoms with van der Waals surface area (Å²) in [6, 6.07) is 9.20. The van der Waals surface area contributed by atoms with E-state index in [1.807, 2.05) is 0 Å². The molecule has 1 saturated carbocycles. The summed E-state index contributed by atoms with van der Waals surface area (Å²) in [6.07, 6.45) is 8.04. The molecule has 0 spiro atoms. The SMILES string of the molecule is CCCNC(CCC1Cc2ccccc2O1)C1CC1. The van der Waals surface area contributed by atoms with Gasteiger partial charge in [-0.15, -0.1) is 0 Å². The smallest absolute Gasteiger partial charge is 0.123 e. The second kappa shape index (κ2) is 5.96. The van der Waals surface area contributed by atoms with E-state index in [0.29, 0.717) is 6.10 Å². The molecule has 1 aliphatic carbocycles. The summed E-state index contributed by atoms with van der Waals surface area (Å²) in [7, 11) is 0. The summed E-state index contributed by atoms with van der Waals surface area (Å²) >= 11 is 0. The minimum Gasteiger partial charge on any atom is -0.490 e. The molecule has 2 atom stereocenters. The van der Waals surface area contributed by atoms with Crippen molar-refractivity contribution in [2.45, 2.75) is 57.6 Å². The van der Waals surface area contributed by atoms with Crippen molar-refractivity contribution in [1.82, 2.24) is 5.32 Å².